The predicted molar refractivity (Wildman–Crippen MR) is 126 cm³/mol. The topological polar surface area (TPSA) is 43.3 Å². The molecule has 0 atom stereocenters. The van der Waals surface area contributed by atoms with Crippen molar-refractivity contribution in [3.8, 4) is 5.75 Å². The van der Waals surface area contributed by atoms with Crippen molar-refractivity contribution in [2.75, 3.05) is 67.0 Å². The van der Waals surface area contributed by atoms with Crippen molar-refractivity contribution >= 4 is 5.96 Å². The second-order valence-corrected chi connectivity index (χ2v) is 9.06. The molecule has 0 bridgehead atoms. The Labute approximate surface area is 183 Å². The molecule has 0 aliphatic carbocycles. The number of hydrogen-bond donors (Lipinski definition) is 1. The van der Waals surface area contributed by atoms with Crippen LogP contribution in [0.15, 0.2) is 29.3 Å². The summed E-state index contributed by atoms with van der Waals surface area (Å²) in [7, 11) is 6.21. The molecule has 0 unspecified atom stereocenters. The molecule has 2 heterocycles. The first-order valence-corrected chi connectivity index (χ1v) is 11.6. The lowest BCUT2D eigenvalue weighted by Gasteiger charge is -2.50. The summed E-state index contributed by atoms with van der Waals surface area (Å²) in [6.45, 7) is 9.34. The lowest BCUT2D eigenvalue weighted by molar-refractivity contribution is 0.0170. The van der Waals surface area contributed by atoms with Crippen LogP contribution in [0.3, 0.4) is 0 Å². The van der Waals surface area contributed by atoms with Gasteiger partial charge in [-0.05, 0) is 78.0 Å². The third kappa shape index (κ3) is 6.11. The number of ether oxygens (including phenoxy) is 1. The fraction of sp³-hybridized carbons (Fsp3) is 0.708. The van der Waals surface area contributed by atoms with E-state index in [1.807, 2.05) is 19.2 Å². The van der Waals surface area contributed by atoms with E-state index in [4.69, 9.17) is 4.74 Å². The summed E-state index contributed by atoms with van der Waals surface area (Å²) < 4.78 is 5.91. The van der Waals surface area contributed by atoms with E-state index in [2.05, 4.69) is 58.2 Å². The minimum atomic E-state index is 0.252. The van der Waals surface area contributed by atoms with Crippen LogP contribution < -0.4 is 10.1 Å². The number of benzene rings is 1. The van der Waals surface area contributed by atoms with Gasteiger partial charge in [-0.2, -0.15) is 0 Å². The molecule has 1 aromatic carbocycles. The first-order valence-electron chi connectivity index (χ1n) is 11.6. The van der Waals surface area contributed by atoms with E-state index in [1.165, 1.54) is 63.8 Å². The number of piperidine rings is 2. The number of guanidine groups is 1. The molecular formula is C24H41N5O. The third-order valence-electron chi connectivity index (χ3n) is 6.81. The first kappa shape index (κ1) is 22.9. The number of rotatable bonds is 7. The first-order chi connectivity index (χ1) is 14.5. The number of likely N-dealkylation sites (tertiary alicyclic amines) is 2. The average Bonchev–Trinajstić information content (AvgIpc) is 2.77. The van der Waals surface area contributed by atoms with Crippen LogP contribution in [0.5, 0.6) is 5.75 Å². The molecule has 0 spiro atoms. The largest absolute Gasteiger partial charge is 0.492 e. The maximum atomic E-state index is 5.91. The van der Waals surface area contributed by atoms with Crippen molar-refractivity contribution in [2.45, 2.75) is 44.6 Å². The van der Waals surface area contributed by atoms with Crippen molar-refractivity contribution in [3.63, 3.8) is 0 Å². The van der Waals surface area contributed by atoms with Gasteiger partial charge in [0.1, 0.15) is 12.4 Å². The molecule has 0 aromatic heterocycles. The fourth-order valence-electron chi connectivity index (χ4n) is 4.68. The SMILES string of the molecule is CN=C(NCC1(N2CCCCC2)CCN(C)CC1)N(C)CCOc1ccc(C)cc1. The molecular weight excluding hydrogens is 374 g/mol. The van der Waals surface area contributed by atoms with Gasteiger partial charge in [-0.3, -0.25) is 9.89 Å². The van der Waals surface area contributed by atoms with Gasteiger partial charge >= 0.3 is 0 Å². The number of nitrogens with one attached hydrogen (secondary N) is 1. The van der Waals surface area contributed by atoms with Crippen molar-refractivity contribution in [3.05, 3.63) is 29.8 Å². The molecule has 168 valence electrons. The zero-order chi connectivity index (χ0) is 21.4. The lowest BCUT2D eigenvalue weighted by Crippen LogP contribution is -2.62. The monoisotopic (exact) mass is 415 g/mol. The van der Waals surface area contributed by atoms with E-state index < -0.39 is 0 Å². The van der Waals surface area contributed by atoms with Crippen LogP contribution in [0.1, 0.15) is 37.7 Å². The third-order valence-corrected chi connectivity index (χ3v) is 6.81. The average molecular weight is 416 g/mol. The van der Waals surface area contributed by atoms with Gasteiger partial charge in [-0.1, -0.05) is 24.1 Å². The number of nitrogens with zero attached hydrogens (tertiary/aromatic N) is 4. The minimum Gasteiger partial charge on any atom is -0.492 e. The quantitative estimate of drug-likeness (QED) is 0.548. The van der Waals surface area contributed by atoms with Crippen LogP contribution in [0.2, 0.25) is 0 Å². The lowest BCUT2D eigenvalue weighted by atomic mass is 9.84. The van der Waals surface area contributed by atoms with Crippen LogP contribution >= 0.6 is 0 Å². The minimum absolute atomic E-state index is 0.252. The number of aliphatic imine (C=N–C) groups is 1. The smallest absolute Gasteiger partial charge is 0.193 e. The maximum absolute atomic E-state index is 5.91. The van der Waals surface area contributed by atoms with Crippen LogP contribution in [0.25, 0.3) is 0 Å². The Kier molecular flexibility index (Phi) is 8.40. The standard InChI is InChI=1S/C24H41N5O/c1-21-8-10-22(11-9-21)30-19-18-28(4)23(25-2)26-20-24(12-16-27(3)17-13-24)29-14-6-5-7-15-29/h8-11H,5-7,12-20H2,1-4H3,(H,25,26). The summed E-state index contributed by atoms with van der Waals surface area (Å²) in [4.78, 5) is 12.0. The molecule has 2 aliphatic heterocycles. The van der Waals surface area contributed by atoms with Crippen LogP contribution in [0.4, 0.5) is 0 Å². The van der Waals surface area contributed by atoms with Gasteiger partial charge in [0, 0.05) is 26.2 Å². The number of aryl methyl sites for hydroxylation is 1. The van der Waals surface area contributed by atoms with Gasteiger partial charge in [-0.25, -0.2) is 0 Å². The summed E-state index contributed by atoms with van der Waals surface area (Å²) in [5, 5.41) is 3.71. The Balaban J connectivity index is 1.53. The molecule has 30 heavy (non-hydrogen) atoms. The highest BCUT2D eigenvalue weighted by atomic mass is 16.5. The highest BCUT2D eigenvalue weighted by molar-refractivity contribution is 5.79. The highest BCUT2D eigenvalue weighted by Gasteiger charge is 2.39. The molecule has 3 rings (SSSR count). The van der Waals surface area contributed by atoms with E-state index in [0.717, 1.165) is 24.8 Å². The van der Waals surface area contributed by atoms with Crippen LogP contribution in [-0.2, 0) is 0 Å². The zero-order valence-corrected chi connectivity index (χ0v) is 19.5. The number of hydrogen-bond acceptors (Lipinski definition) is 4. The molecule has 2 saturated heterocycles. The van der Waals surface area contributed by atoms with Crippen molar-refractivity contribution in [1.29, 1.82) is 0 Å². The van der Waals surface area contributed by atoms with Crippen LogP contribution in [-0.4, -0.2) is 93.2 Å². The summed E-state index contributed by atoms with van der Waals surface area (Å²) in [6.07, 6.45) is 6.51. The Morgan fingerprint density at radius 2 is 1.77 bits per heavy atom. The molecule has 6 nitrogen and oxygen atoms in total. The molecule has 1 N–H and O–H groups in total. The van der Waals surface area contributed by atoms with Gasteiger partial charge in [0.25, 0.3) is 0 Å². The van der Waals surface area contributed by atoms with E-state index in [1.54, 1.807) is 0 Å². The van der Waals surface area contributed by atoms with Crippen molar-refractivity contribution < 1.29 is 4.74 Å². The van der Waals surface area contributed by atoms with Crippen LogP contribution in [0, 0.1) is 6.92 Å². The van der Waals surface area contributed by atoms with E-state index in [0.29, 0.717) is 6.61 Å². The summed E-state index contributed by atoms with van der Waals surface area (Å²) in [5.41, 5.74) is 1.50. The van der Waals surface area contributed by atoms with E-state index >= 15 is 0 Å². The Bertz CT molecular complexity index is 661. The highest BCUT2D eigenvalue weighted by Crippen LogP contribution is 2.30. The van der Waals surface area contributed by atoms with Gasteiger partial charge in [0.15, 0.2) is 5.96 Å². The zero-order valence-electron chi connectivity index (χ0n) is 19.5. The summed E-state index contributed by atoms with van der Waals surface area (Å²) >= 11 is 0. The summed E-state index contributed by atoms with van der Waals surface area (Å²) in [6, 6.07) is 8.23. The molecule has 1 aromatic rings. The van der Waals surface area contributed by atoms with Crippen molar-refractivity contribution in [2.24, 2.45) is 4.99 Å². The maximum Gasteiger partial charge on any atom is 0.193 e. The summed E-state index contributed by atoms with van der Waals surface area (Å²) in [5.74, 6) is 1.88. The van der Waals surface area contributed by atoms with Gasteiger partial charge in [0.05, 0.1) is 6.54 Å². The van der Waals surface area contributed by atoms with E-state index in [-0.39, 0.29) is 5.54 Å². The molecule has 0 radical (unpaired) electrons. The Hall–Kier alpha value is -1.79. The molecule has 6 heteroatoms. The molecule has 0 saturated carbocycles. The van der Waals surface area contributed by atoms with Gasteiger partial charge < -0.3 is 19.9 Å². The molecule has 0 amide bonds. The molecule has 2 aliphatic rings. The van der Waals surface area contributed by atoms with Gasteiger partial charge in [-0.15, -0.1) is 0 Å². The second-order valence-electron chi connectivity index (χ2n) is 9.06. The molecule has 2 fully saturated rings. The Morgan fingerprint density at radius 1 is 1.10 bits per heavy atom. The Morgan fingerprint density at radius 3 is 2.40 bits per heavy atom. The normalized spacial score (nSPS) is 20.7. The van der Waals surface area contributed by atoms with Crippen molar-refractivity contribution in [1.82, 2.24) is 20.0 Å². The number of likely N-dealkylation sites (N-methyl/N-ethyl adjacent to an activating group) is 1. The predicted octanol–water partition coefficient (Wildman–Crippen LogP) is 2.83. The van der Waals surface area contributed by atoms with E-state index in [9.17, 15) is 0 Å². The fourth-order valence-corrected chi connectivity index (χ4v) is 4.68. The van der Waals surface area contributed by atoms with Gasteiger partial charge in [0.2, 0.25) is 0 Å². The second kappa shape index (κ2) is 11.0.